The first-order chi connectivity index (χ1) is 22.7. The molecule has 0 radical (unpaired) electrons. The first-order valence-corrected chi connectivity index (χ1v) is 15.7. The number of aromatic hydroxyl groups is 1. The van der Waals surface area contributed by atoms with Crippen molar-refractivity contribution in [2.45, 2.75) is 43.4 Å². The standard InChI is InChI=1S/C35H33F3N6O3/c1-2-29(46)44-14-13-42(19-23(44)9-11-39)33-26-8-7-25(27-16-24(45)15-21-5-3-6-28(37)30(21)27)31(38)32(26)40-34(41-33)47-20-35-10-4-12-43(35)18-22(36)17-35/h2-3,5-8,15-16,22-23,45H,1,4,9-10,12-14,17-20H2/t22-,23+,35+/m1/s1. The van der Waals surface area contributed by atoms with Gasteiger partial charge in [0.25, 0.3) is 0 Å². The lowest BCUT2D eigenvalue weighted by Gasteiger charge is -2.41. The van der Waals surface area contributed by atoms with Gasteiger partial charge < -0.3 is 19.6 Å². The molecule has 0 aliphatic carbocycles. The van der Waals surface area contributed by atoms with E-state index in [2.05, 4.69) is 22.5 Å². The Balaban J connectivity index is 1.35. The number of hydrogen-bond donors (Lipinski definition) is 1. The quantitative estimate of drug-likeness (QED) is 0.264. The Labute approximate surface area is 269 Å². The minimum Gasteiger partial charge on any atom is -0.508 e. The molecule has 1 aromatic heterocycles. The Kier molecular flexibility index (Phi) is 7.88. The molecule has 3 aromatic carbocycles. The minimum absolute atomic E-state index is 0.0273. The van der Waals surface area contributed by atoms with Gasteiger partial charge in [-0.1, -0.05) is 24.8 Å². The molecule has 3 aliphatic heterocycles. The number of rotatable bonds is 7. The molecule has 0 unspecified atom stereocenters. The summed E-state index contributed by atoms with van der Waals surface area (Å²) in [4.78, 5) is 27.4. The summed E-state index contributed by atoms with van der Waals surface area (Å²) < 4.78 is 52.6. The van der Waals surface area contributed by atoms with Gasteiger partial charge in [-0.2, -0.15) is 15.2 Å². The lowest BCUT2D eigenvalue weighted by Crippen LogP contribution is -2.55. The van der Waals surface area contributed by atoms with Crippen molar-refractivity contribution >= 4 is 33.4 Å². The summed E-state index contributed by atoms with van der Waals surface area (Å²) in [6.07, 6.45) is 2.33. The van der Waals surface area contributed by atoms with Gasteiger partial charge in [0.2, 0.25) is 5.91 Å². The molecule has 0 saturated carbocycles. The number of nitrogens with zero attached hydrogens (tertiary/aromatic N) is 6. The number of aromatic nitrogens is 2. The van der Waals surface area contributed by atoms with Gasteiger partial charge in [-0.3, -0.25) is 9.69 Å². The van der Waals surface area contributed by atoms with Crippen molar-refractivity contribution in [3.63, 3.8) is 0 Å². The fourth-order valence-corrected chi connectivity index (χ4v) is 7.60. The molecular weight excluding hydrogens is 609 g/mol. The molecule has 3 aliphatic rings. The van der Waals surface area contributed by atoms with Gasteiger partial charge in [0.1, 0.15) is 35.7 Å². The van der Waals surface area contributed by atoms with Crippen LogP contribution in [-0.4, -0.2) is 87.9 Å². The molecule has 7 rings (SSSR count). The fourth-order valence-electron chi connectivity index (χ4n) is 7.60. The lowest BCUT2D eigenvalue weighted by molar-refractivity contribution is -0.128. The molecule has 3 saturated heterocycles. The summed E-state index contributed by atoms with van der Waals surface area (Å²) in [5.74, 6) is -1.41. The van der Waals surface area contributed by atoms with Crippen molar-refractivity contribution in [2.24, 2.45) is 0 Å². The zero-order valence-corrected chi connectivity index (χ0v) is 25.6. The highest BCUT2D eigenvalue weighted by Gasteiger charge is 2.49. The molecule has 0 bridgehead atoms. The predicted molar refractivity (Wildman–Crippen MR) is 171 cm³/mol. The summed E-state index contributed by atoms with van der Waals surface area (Å²) in [6.45, 7) is 5.68. The van der Waals surface area contributed by atoms with E-state index in [-0.39, 0.29) is 65.8 Å². The molecule has 4 heterocycles. The molecule has 1 amide bonds. The van der Waals surface area contributed by atoms with E-state index in [1.54, 1.807) is 17.0 Å². The number of phenolic OH excluding ortho intramolecular Hbond substituents is 1. The highest BCUT2D eigenvalue weighted by Crippen LogP contribution is 2.42. The average Bonchev–Trinajstić information content (AvgIpc) is 3.59. The van der Waals surface area contributed by atoms with Gasteiger partial charge in [0, 0.05) is 48.9 Å². The highest BCUT2D eigenvalue weighted by atomic mass is 19.1. The van der Waals surface area contributed by atoms with E-state index in [0.717, 1.165) is 19.4 Å². The fraction of sp³-hybridized carbons (Fsp3) is 0.371. The number of carbonyl (C=O) groups excluding carboxylic acids is 1. The molecule has 3 atom stereocenters. The van der Waals surface area contributed by atoms with Crippen molar-refractivity contribution in [2.75, 3.05) is 44.2 Å². The largest absolute Gasteiger partial charge is 0.508 e. The van der Waals surface area contributed by atoms with Gasteiger partial charge in [-0.25, -0.2) is 13.2 Å². The monoisotopic (exact) mass is 642 g/mol. The van der Waals surface area contributed by atoms with Crippen LogP contribution in [0.25, 0.3) is 32.8 Å². The van der Waals surface area contributed by atoms with Crippen molar-refractivity contribution in [3.8, 4) is 29.0 Å². The summed E-state index contributed by atoms with van der Waals surface area (Å²) in [5, 5.41) is 20.9. The normalized spacial score (nSPS) is 22.9. The smallest absolute Gasteiger partial charge is 0.319 e. The molecule has 9 nitrogen and oxygen atoms in total. The summed E-state index contributed by atoms with van der Waals surface area (Å²) in [5.41, 5.74) is -0.386. The van der Waals surface area contributed by atoms with Crippen LogP contribution < -0.4 is 9.64 Å². The van der Waals surface area contributed by atoms with Gasteiger partial charge in [0.05, 0.1) is 24.1 Å². The number of ether oxygens (including phenoxy) is 1. The van der Waals surface area contributed by atoms with Crippen LogP contribution in [-0.2, 0) is 4.79 Å². The maximum absolute atomic E-state index is 16.8. The number of phenols is 1. The molecule has 12 heteroatoms. The van der Waals surface area contributed by atoms with Crippen LogP contribution in [0.2, 0.25) is 0 Å². The number of halogens is 3. The second-order valence-electron chi connectivity index (χ2n) is 12.5. The van der Waals surface area contributed by atoms with Crippen LogP contribution in [0.3, 0.4) is 0 Å². The third kappa shape index (κ3) is 5.38. The number of benzene rings is 3. The maximum Gasteiger partial charge on any atom is 0.319 e. The maximum atomic E-state index is 16.8. The van der Waals surface area contributed by atoms with Crippen molar-refractivity contribution < 1.29 is 27.8 Å². The third-order valence-electron chi connectivity index (χ3n) is 9.76. The second kappa shape index (κ2) is 12.0. The molecular formula is C35H33F3N6O3. The Morgan fingerprint density at radius 2 is 2.00 bits per heavy atom. The van der Waals surface area contributed by atoms with E-state index in [0.29, 0.717) is 36.1 Å². The molecule has 3 fully saturated rings. The topological polar surface area (TPSA) is 106 Å². The Hall–Kier alpha value is -4.89. The lowest BCUT2D eigenvalue weighted by atomic mass is 9.95. The number of nitriles is 1. The number of amides is 1. The summed E-state index contributed by atoms with van der Waals surface area (Å²) in [7, 11) is 0. The van der Waals surface area contributed by atoms with Crippen LogP contribution in [0.5, 0.6) is 11.8 Å². The van der Waals surface area contributed by atoms with Gasteiger partial charge >= 0.3 is 6.01 Å². The van der Waals surface area contributed by atoms with Crippen molar-refractivity contribution in [1.29, 1.82) is 5.26 Å². The average molecular weight is 643 g/mol. The van der Waals surface area contributed by atoms with Crippen LogP contribution in [0.15, 0.2) is 55.1 Å². The van der Waals surface area contributed by atoms with E-state index in [1.807, 2.05) is 4.90 Å². The molecule has 0 spiro atoms. The van der Waals surface area contributed by atoms with Crippen LogP contribution in [0.4, 0.5) is 19.0 Å². The summed E-state index contributed by atoms with van der Waals surface area (Å²) >= 11 is 0. The van der Waals surface area contributed by atoms with E-state index < -0.39 is 29.4 Å². The first kappa shape index (κ1) is 30.7. The Bertz CT molecular complexity index is 1950. The zero-order chi connectivity index (χ0) is 32.9. The number of piperazine rings is 1. The highest BCUT2D eigenvalue weighted by molar-refractivity contribution is 6.01. The van der Waals surface area contributed by atoms with Gasteiger partial charge in [0.15, 0.2) is 5.82 Å². The van der Waals surface area contributed by atoms with Crippen LogP contribution in [0, 0.1) is 23.0 Å². The zero-order valence-electron chi connectivity index (χ0n) is 25.6. The molecule has 1 N–H and O–H groups in total. The first-order valence-electron chi connectivity index (χ1n) is 15.7. The van der Waals surface area contributed by atoms with Crippen molar-refractivity contribution in [3.05, 3.63) is 66.8 Å². The van der Waals surface area contributed by atoms with E-state index >= 15 is 8.78 Å². The van der Waals surface area contributed by atoms with Crippen molar-refractivity contribution in [1.82, 2.24) is 19.8 Å². The minimum atomic E-state index is -0.962. The molecule has 4 aromatic rings. The number of hydrogen-bond acceptors (Lipinski definition) is 8. The van der Waals surface area contributed by atoms with E-state index in [4.69, 9.17) is 9.72 Å². The van der Waals surface area contributed by atoms with E-state index in [9.17, 15) is 19.6 Å². The second-order valence-corrected chi connectivity index (χ2v) is 12.5. The number of alkyl halides is 1. The number of anilines is 1. The third-order valence-corrected chi connectivity index (χ3v) is 9.76. The number of carbonyl (C=O) groups is 1. The summed E-state index contributed by atoms with van der Waals surface area (Å²) in [6, 6.07) is 11.9. The number of fused-ring (bicyclic) bond motifs is 3. The van der Waals surface area contributed by atoms with Gasteiger partial charge in [-0.15, -0.1) is 0 Å². The predicted octanol–water partition coefficient (Wildman–Crippen LogP) is 5.51. The van der Waals surface area contributed by atoms with Gasteiger partial charge in [-0.05, 0) is 60.7 Å². The molecule has 47 heavy (non-hydrogen) atoms. The van der Waals surface area contributed by atoms with Crippen LogP contribution in [0.1, 0.15) is 25.7 Å². The Morgan fingerprint density at radius 3 is 2.81 bits per heavy atom. The van der Waals surface area contributed by atoms with E-state index in [1.165, 1.54) is 36.4 Å². The Morgan fingerprint density at radius 1 is 1.15 bits per heavy atom. The molecule has 242 valence electrons. The SMILES string of the molecule is C=CC(=O)N1CCN(c2nc(OC[C@@]34CCCN3C[C@H](F)C4)nc3c(F)c(-c4cc(O)cc5cccc(F)c45)ccc23)C[C@@H]1CC#N. The van der Waals surface area contributed by atoms with Crippen LogP contribution >= 0.6 is 0 Å².